The predicted octanol–water partition coefficient (Wildman–Crippen LogP) is -0.869. The van der Waals surface area contributed by atoms with Gasteiger partial charge in [0.15, 0.2) is 0 Å². The molecule has 0 radical (unpaired) electrons. The van der Waals surface area contributed by atoms with Crippen LogP contribution < -0.4 is 10.2 Å². The average molecular weight is 262 g/mol. The van der Waals surface area contributed by atoms with Crippen LogP contribution in [0.3, 0.4) is 0 Å². The first kappa shape index (κ1) is 13.9. The summed E-state index contributed by atoms with van der Waals surface area (Å²) in [6.07, 6.45) is 4.71. The minimum absolute atomic E-state index is 0.0864. The van der Waals surface area contributed by atoms with Crippen molar-refractivity contribution in [2.75, 3.05) is 20.3 Å². The van der Waals surface area contributed by atoms with Crippen molar-refractivity contribution in [3.63, 3.8) is 0 Å². The number of imidazole rings is 1. The lowest BCUT2D eigenvalue weighted by molar-refractivity contribution is -0.222. The number of rotatable bonds is 7. The van der Waals surface area contributed by atoms with Crippen LogP contribution in [-0.4, -0.2) is 35.7 Å². The number of aromatic nitrogens is 2. The second-order valence-electron chi connectivity index (χ2n) is 3.05. The fourth-order valence-corrected chi connectivity index (χ4v) is 1.42. The third-order valence-electron chi connectivity index (χ3n) is 1.78. The number of carbonyl (C=O) groups excluding carboxylic acids is 1. The van der Waals surface area contributed by atoms with Gasteiger partial charge in [-0.1, -0.05) is 0 Å². The molecule has 1 unspecified atom stereocenters. The summed E-state index contributed by atoms with van der Waals surface area (Å²) in [5.74, 6) is -0.259. The zero-order valence-electron chi connectivity index (χ0n) is 9.24. The van der Waals surface area contributed by atoms with Crippen molar-refractivity contribution in [2.24, 2.45) is 0 Å². The van der Waals surface area contributed by atoms with Gasteiger partial charge in [0.25, 0.3) is 7.82 Å². The lowest BCUT2D eigenvalue weighted by atomic mass is 10.5. The highest BCUT2D eigenvalue weighted by molar-refractivity contribution is 7.45. The summed E-state index contributed by atoms with van der Waals surface area (Å²) < 4.78 is 20.8. The number of phosphoric acid groups is 1. The molecule has 0 bridgehead atoms. The van der Waals surface area contributed by atoms with Gasteiger partial charge in [0, 0.05) is 26.0 Å². The Kier molecular flexibility index (Phi) is 5.30. The Morgan fingerprint density at radius 1 is 1.65 bits per heavy atom. The molecule has 1 atom stereocenters. The van der Waals surface area contributed by atoms with Crippen molar-refractivity contribution < 1.29 is 23.3 Å². The third-order valence-corrected chi connectivity index (χ3v) is 2.73. The average Bonchev–Trinajstić information content (AvgIpc) is 2.77. The normalized spacial score (nSPS) is 14.2. The first-order valence-electron chi connectivity index (χ1n) is 4.77. The van der Waals surface area contributed by atoms with Crippen LogP contribution in [0, 0.1) is 0 Å². The van der Waals surface area contributed by atoms with Gasteiger partial charge in [-0.3, -0.25) is 9.36 Å². The van der Waals surface area contributed by atoms with E-state index in [4.69, 9.17) is 0 Å². The highest BCUT2D eigenvalue weighted by Crippen LogP contribution is 2.36. The molecule has 1 amide bonds. The van der Waals surface area contributed by atoms with Gasteiger partial charge in [-0.15, -0.1) is 0 Å². The molecule has 8 nitrogen and oxygen atoms in total. The quantitative estimate of drug-likeness (QED) is 0.506. The van der Waals surface area contributed by atoms with Crippen LogP contribution in [0.25, 0.3) is 0 Å². The zero-order chi connectivity index (χ0) is 12.7. The van der Waals surface area contributed by atoms with Crippen LogP contribution >= 0.6 is 7.82 Å². The van der Waals surface area contributed by atoms with Gasteiger partial charge in [0.1, 0.15) is 6.54 Å². The van der Waals surface area contributed by atoms with Crippen LogP contribution in [0.4, 0.5) is 0 Å². The van der Waals surface area contributed by atoms with Crippen molar-refractivity contribution in [3.05, 3.63) is 18.7 Å². The van der Waals surface area contributed by atoms with Crippen molar-refractivity contribution in [1.82, 2.24) is 14.9 Å². The molecule has 0 aliphatic rings. The molecule has 1 aromatic rings. The SMILES string of the molecule is COP(=O)([O-])OCCNC(=O)Cn1ccnc1. The minimum atomic E-state index is -4.21. The fourth-order valence-electron chi connectivity index (χ4n) is 1.00. The first-order valence-corrected chi connectivity index (χ1v) is 6.23. The van der Waals surface area contributed by atoms with E-state index in [0.29, 0.717) is 0 Å². The molecule has 9 heteroatoms. The number of amides is 1. The van der Waals surface area contributed by atoms with E-state index in [2.05, 4.69) is 19.3 Å². The number of hydrogen-bond donors (Lipinski definition) is 1. The minimum Gasteiger partial charge on any atom is -0.756 e. The van der Waals surface area contributed by atoms with Crippen LogP contribution in [0.15, 0.2) is 18.7 Å². The van der Waals surface area contributed by atoms with Gasteiger partial charge < -0.3 is 23.8 Å². The molecule has 1 heterocycles. The smallest absolute Gasteiger partial charge is 0.267 e. The Hall–Kier alpha value is -1.21. The van der Waals surface area contributed by atoms with Gasteiger partial charge in [0.05, 0.1) is 12.9 Å². The number of carbonyl (C=O) groups is 1. The Balaban J connectivity index is 2.15. The van der Waals surface area contributed by atoms with Gasteiger partial charge in [-0.2, -0.15) is 0 Å². The largest absolute Gasteiger partial charge is 0.756 e. The summed E-state index contributed by atoms with van der Waals surface area (Å²) in [6.45, 7) is 0.0483. The molecule has 0 aliphatic heterocycles. The number of phosphoric ester groups is 1. The molecule has 1 rings (SSSR count). The molecule has 0 saturated heterocycles. The Bertz CT molecular complexity index is 394. The van der Waals surface area contributed by atoms with Crippen LogP contribution in [-0.2, 0) is 25.0 Å². The summed E-state index contributed by atoms with van der Waals surface area (Å²) >= 11 is 0. The van der Waals surface area contributed by atoms with E-state index in [0.717, 1.165) is 7.11 Å². The van der Waals surface area contributed by atoms with E-state index in [9.17, 15) is 14.3 Å². The van der Waals surface area contributed by atoms with Gasteiger partial charge in [-0.05, 0) is 0 Å². The van der Waals surface area contributed by atoms with Crippen molar-refractivity contribution in [2.45, 2.75) is 6.54 Å². The Morgan fingerprint density at radius 3 is 3.00 bits per heavy atom. The van der Waals surface area contributed by atoms with Gasteiger partial charge in [0.2, 0.25) is 5.91 Å². The lowest BCUT2D eigenvalue weighted by Crippen LogP contribution is -2.30. The van der Waals surface area contributed by atoms with Crippen LogP contribution in [0.2, 0.25) is 0 Å². The Morgan fingerprint density at radius 2 is 2.41 bits per heavy atom. The maximum absolute atomic E-state index is 11.3. The molecule has 0 aromatic carbocycles. The second-order valence-corrected chi connectivity index (χ2v) is 4.57. The maximum atomic E-state index is 11.3. The fraction of sp³-hybridized carbons (Fsp3) is 0.500. The van der Waals surface area contributed by atoms with E-state index in [-0.39, 0.29) is 25.6 Å². The van der Waals surface area contributed by atoms with E-state index < -0.39 is 7.82 Å². The summed E-state index contributed by atoms with van der Waals surface area (Å²) in [6, 6.07) is 0. The highest BCUT2D eigenvalue weighted by Gasteiger charge is 2.06. The Labute approximate surface area is 98.2 Å². The number of nitrogens with zero attached hydrogens (tertiary/aromatic N) is 2. The van der Waals surface area contributed by atoms with Gasteiger partial charge >= 0.3 is 0 Å². The topological polar surface area (TPSA) is 106 Å². The van der Waals surface area contributed by atoms with Crippen molar-refractivity contribution in [3.8, 4) is 0 Å². The molecule has 17 heavy (non-hydrogen) atoms. The van der Waals surface area contributed by atoms with E-state index >= 15 is 0 Å². The van der Waals surface area contributed by atoms with Gasteiger partial charge in [-0.25, -0.2) is 4.98 Å². The lowest BCUT2D eigenvalue weighted by Gasteiger charge is -2.20. The molecular formula is C8H13N3O5P-. The zero-order valence-corrected chi connectivity index (χ0v) is 10.1. The summed E-state index contributed by atoms with van der Waals surface area (Å²) in [5.41, 5.74) is 0. The molecular weight excluding hydrogens is 249 g/mol. The molecule has 0 spiro atoms. The molecule has 0 saturated carbocycles. The maximum Gasteiger partial charge on any atom is 0.267 e. The molecule has 0 aliphatic carbocycles. The van der Waals surface area contributed by atoms with E-state index in [1.807, 2.05) is 0 Å². The molecule has 0 fully saturated rings. The summed E-state index contributed by atoms with van der Waals surface area (Å²) in [5, 5.41) is 2.49. The van der Waals surface area contributed by atoms with Crippen LogP contribution in [0.5, 0.6) is 0 Å². The number of nitrogens with one attached hydrogen (secondary N) is 1. The molecule has 1 N–H and O–H groups in total. The van der Waals surface area contributed by atoms with E-state index in [1.165, 1.54) is 6.33 Å². The van der Waals surface area contributed by atoms with Crippen LogP contribution in [0.1, 0.15) is 0 Å². The predicted molar refractivity (Wildman–Crippen MR) is 55.8 cm³/mol. The second kappa shape index (κ2) is 6.51. The van der Waals surface area contributed by atoms with Crippen molar-refractivity contribution >= 4 is 13.7 Å². The van der Waals surface area contributed by atoms with E-state index in [1.54, 1.807) is 17.0 Å². The third kappa shape index (κ3) is 5.60. The summed E-state index contributed by atoms with van der Waals surface area (Å²) in [4.78, 5) is 25.8. The first-order chi connectivity index (χ1) is 8.03. The monoisotopic (exact) mass is 262 g/mol. The number of hydrogen-bond acceptors (Lipinski definition) is 6. The molecule has 1 aromatic heterocycles. The van der Waals surface area contributed by atoms with Crippen molar-refractivity contribution in [1.29, 1.82) is 0 Å². The highest BCUT2D eigenvalue weighted by atomic mass is 31.2. The molecule has 96 valence electrons. The standard InChI is InChI=1S/C8H14N3O5P/c1-15-17(13,14)16-5-3-10-8(12)6-11-4-2-9-7-11/h2,4,7H,3,5-6H2,1H3,(H,10,12)(H,13,14)/p-1. The summed E-state index contributed by atoms with van der Waals surface area (Å²) in [7, 11) is -3.20.